The van der Waals surface area contributed by atoms with Crippen molar-refractivity contribution in [3.05, 3.63) is 29.8 Å². The summed E-state index contributed by atoms with van der Waals surface area (Å²) in [5.74, 6) is 0.115. The highest BCUT2D eigenvalue weighted by Gasteiger charge is 2.25. The molecule has 3 nitrogen and oxygen atoms in total. The van der Waals surface area contributed by atoms with Gasteiger partial charge in [-0.05, 0) is 30.7 Å². The van der Waals surface area contributed by atoms with E-state index in [0.29, 0.717) is 6.54 Å². The van der Waals surface area contributed by atoms with Gasteiger partial charge in [0.15, 0.2) is 0 Å². The van der Waals surface area contributed by atoms with Gasteiger partial charge in [0.2, 0.25) is 5.91 Å². The smallest absolute Gasteiger partial charge is 0.232 e. The Morgan fingerprint density at radius 1 is 1.16 bits per heavy atom. The Morgan fingerprint density at radius 2 is 1.63 bits per heavy atom. The Balaban J connectivity index is 0.00000154. The van der Waals surface area contributed by atoms with Gasteiger partial charge in [-0.15, -0.1) is 0 Å². The maximum Gasteiger partial charge on any atom is 0.232 e. The number of rotatable bonds is 3. The van der Waals surface area contributed by atoms with Crippen molar-refractivity contribution in [3.8, 4) is 0 Å². The van der Waals surface area contributed by atoms with Crippen LogP contribution in [0.4, 0.5) is 5.69 Å². The van der Waals surface area contributed by atoms with Crippen LogP contribution in [0.25, 0.3) is 0 Å². The van der Waals surface area contributed by atoms with E-state index in [-0.39, 0.29) is 11.3 Å². The summed E-state index contributed by atoms with van der Waals surface area (Å²) in [7, 11) is 1.81. The van der Waals surface area contributed by atoms with Crippen LogP contribution in [0.5, 0.6) is 0 Å². The molecule has 1 amide bonds. The number of carbonyl (C=O) groups is 1. The Kier molecular flexibility index (Phi) is 7.38. The number of nitrogens with two attached hydrogens (primary N) is 1. The van der Waals surface area contributed by atoms with Crippen molar-refractivity contribution >= 4 is 11.6 Å². The minimum absolute atomic E-state index is 0.115. The van der Waals surface area contributed by atoms with Crippen molar-refractivity contribution in [1.82, 2.24) is 0 Å². The summed E-state index contributed by atoms with van der Waals surface area (Å²) in [6, 6.07) is 7.98. The number of benzene rings is 1. The molecule has 0 aliphatic rings. The molecule has 1 aromatic rings. The molecule has 0 atom stereocenters. The minimum Gasteiger partial charge on any atom is -0.330 e. The first-order chi connectivity index (χ1) is 8.86. The van der Waals surface area contributed by atoms with Crippen LogP contribution < -0.4 is 10.6 Å². The Morgan fingerprint density at radius 3 is 2.00 bits per heavy atom. The molecule has 0 saturated heterocycles. The van der Waals surface area contributed by atoms with Gasteiger partial charge in [-0.3, -0.25) is 4.79 Å². The van der Waals surface area contributed by atoms with Crippen molar-refractivity contribution in [2.45, 2.75) is 41.0 Å². The van der Waals surface area contributed by atoms with E-state index in [4.69, 9.17) is 5.73 Å². The maximum absolute atomic E-state index is 12.1. The second-order valence-electron chi connectivity index (χ2n) is 5.32. The van der Waals surface area contributed by atoms with Gasteiger partial charge >= 0.3 is 0 Å². The van der Waals surface area contributed by atoms with Gasteiger partial charge in [0.05, 0.1) is 0 Å². The molecule has 2 N–H and O–H groups in total. The molecule has 0 unspecified atom stereocenters. The maximum atomic E-state index is 12.1. The van der Waals surface area contributed by atoms with Crippen LogP contribution >= 0.6 is 0 Å². The monoisotopic (exact) mass is 264 g/mol. The fourth-order valence-electron chi connectivity index (χ4n) is 1.67. The van der Waals surface area contributed by atoms with E-state index in [9.17, 15) is 4.79 Å². The van der Waals surface area contributed by atoms with Crippen LogP contribution in [0.2, 0.25) is 0 Å². The van der Waals surface area contributed by atoms with Gasteiger partial charge < -0.3 is 10.6 Å². The molecule has 0 aromatic heterocycles. The molecule has 0 aliphatic carbocycles. The molecule has 1 aromatic carbocycles. The van der Waals surface area contributed by atoms with Gasteiger partial charge in [-0.1, -0.05) is 46.8 Å². The lowest BCUT2D eigenvalue weighted by Gasteiger charge is -2.26. The normalized spacial score (nSPS) is 10.5. The van der Waals surface area contributed by atoms with E-state index in [1.807, 2.05) is 65.9 Å². The lowest BCUT2D eigenvalue weighted by molar-refractivity contribution is -0.125. The van der Waals surface area contributed by atoms with E-state index in [1.54, 1.807) is 4.90 Å². The third-order valence-electron chi connectivity index (χ3n) is 2.70. The van der Waals surface area contributed by atoms with Crippen LogP contribution in [0.1, 0.15) is 40.2 Å². The van der Waals surface area contributed by atoms with Crippen molar-refractivity contribution in [1.29, 1.82) is 0 Å². The fourth-order valence-corrected chi connectivity index (χ4v) is 1.67. The number of carbonyl (C=O) groups excluding carboxylic acids is 1. The standard InChI is InChI=1S/C14H22N2O.C2H6/c1-14(2,3)13(17)16(4)12-7-5-11(6-8-12)9-10-15;1-2/h5-8H,9-10,15H2,1-4H3;1-2H3. The van der Waals surface area contributed by atoms with Crippen LogP contribution in [-0.4, -0.2) is 19.5 Å². The zero-order chi connectivity index (χ0) is 15.1. The summed E-state index contributed by atoms with van der Waals surface area (Å²) in [5.41, 5.74) is 7.27. The largest absolute Gasteiger partial charge is 0.330 e. The second-order valence-corrected chi connectivity index (χ2v) is 5.32. The van der Waals surface area contributed by atoms with Gasteiger partial charge in [-0.25, -0.2) is 0 Å². The summed E-state index contributed by atoms with van der Waals surface area (Å²) in [6.07, 6.45) is 0.872. The van der Waals surface area contributed by atoms with E-state index in [2.05, 4.69) is 0 Å². The number of hydrogen-bond acceptors (Lipinski definition) is 2. The number of nitrogens with zero attached hydrogens (tertiary/aromatic N) is 1. The van der Waals surface area contributed by atoms with E-state index >= 15 is 0 Å². The quantitative estimate of drug-likeness (QED) is 0.911. The van der Waals surface area contributed by atoms with Gasteiger partial charge in [0.1, 0.15) is 0 Å². The molecular weight excluding hydrogens is 236 g/mol. The third-order valence-corrected chi connectivity index (χ3v) is 2.70. The molecule has 0 fully saturated rings. The third kappa shape index (κ3) is 5.43. The molecule has 0 aliphatic heterocycles. The van der Waals surface area contributed by atoms with Gasteiger partial charge in [0, 0.05) is 18.2 Å². The van der Waals surface area contributed by atoms with Crippen LogP contribution in [0.3, 0.4) is 0 Å². The molecule has 108 valence electrons. The lowest BCUT2D eigenvalue weighted by atomic mass is 9.94. The first-order valence-electron chi connectivity index (χ1n) is 6.93. The molecule has 0 spiro atoms. The summed E-state index contributed by atoms with van der Waals surface area (Å²) in [4.78, 5) is 13.8. The first kappa shape index (κ1) is 17.6. The molecule has 3 heteroatoms. The van der Waals surface area contributed by atoms with Crippen molar-refractivity contribution in [2.75, 3.05) is 18.5 Å². The first-order valence-corrected chi connectivity index (χ1v) is 6.93. The number of amides is 1. The summed E-state index contributed by atoms with van der Waals surface area (Å²) in [5, 5.41) is 0. The summed E-state index contributed by atoms with van der Waals surface area (Å²) >= 11 is 0. The molecule has 0 radical (unpaired) electrons. The number of anilines is 1. The molecule has 1 rings (SSSR count). The van der Waals surface area contributed by atoms with Crippen molar-refractivity contribution in [2.24, 2.45) is 11.1 Å². The molecule has 19 heavy (non-hydrogen) atoms. The highest BCUT2D eigenvalue weighted by molar-refractivity contribution is 5.96. The summed E-state index contributed by atoms with van der Waals surface area (Å²) in [6.45, 7) is 10.4. The highest BCUT2D eigenvalue weighted by atomic mass is 16.2. The highest BCUT2D eigenvalue weighted by Crippen LogP contribution is 2.22. The minimum atomic E-state index is -0.356. The SMILES string of the molecule is CC.CN(C(=O)C(C)(C)C)c1ccc(CCN)cc1. The molecule has 0 heterocycles. The van der Waals surface area contributed by atoms with E-state index < -0.39 is 0 Å². The van der Waals surface area contributed by atoms with Gasteiger partial charge in [-0.2, -0.15) is 0 Å². The predicted octanol–water partition coefficient (Wildman–Crippen LogP) is 3.22. The summed E-state index contributed by atoms with van der Waals surface area (Å²) < 4.78 is 0. The molecular formula is C16H28N2O. The van der Waals surface area contributed by atoms with Crippen LogP contribution in [0.15, 0.2) is 24.3 Å². The topological polar surface area (TPSA) is 46.3 Å². The molecule has 0 bridgehead atoms. The fraction of sp³-hybridized carbons (Fsp3) is 0.562. The zero-order valence-electron chi connectivity index (χ0n) is 13.2. The Hall–Kier alpha value is -1.35. The van der Waals surface area contributed by atoms with E-state index in [1.165, 1.54) is 5.56 Å². The number of hydrogen-bond donors (Lipinski definition) is 1. The second kappa shape index (κ2) is 7.95. The van der Waals surface area contributed by atoms with Crippen LogP contribution in [-0.2, 0) is 11.2 Å². The predicted molar refractivity (Wildman–Crippen MR) is 83.4 cm³/mol. The van der Waals surface area contributed by atoms with Crippen molar-refractivity contribution < 1.29 is 4.79 Å². The van der Waals surface area contributed by atoms with E-state index in [0.717, 1.165) is 12.1 Å². The zero-order valence-corrected chi connectivity index (χ0v) is 13.2. The average Bonchev–Trinajstić information content (AvgIpc) is 2.39. The lowest BCUT2D eigenvalue weighted by Crippen LogP contribution is -2.36. The van der Waals surface area contributed by atoms with Crippen molar-refractivity contribution in [3.63, 3.8) is 0 Å². The van der Waals surface area contributed by atoms with Gasteiger partial charge in [0.25, 0.3) is 0 Å². The Labute approximate surface area is 117 Å². The Bertz CT molecular complexity index is 377. The molecule has 0 saturated carbocycles. The average molecular weight is 264 g/mol. The van der Waals surface area contributed by atoms with Crippen LogP contribution in [0, 0.1) is 5.41 Å².